The van der Waals surface area contributed by atoms with Crippen LogP contribution in [-0.2, 0) is 24.4 Å². The summed E-state index contributed by atoms with van der Waals surface area (Å²) in [4.78, 5) is 0. The summed E-state index contributed by atoms with van der Waals surface area (Å²) in [5, 5.41) is -13.5. The molecule has 0 aromatic rings. The first-order valence-electron chi connectivity index (χ1n) is 14.5. The zero-order valence-electron chi connectivity index (χ0n) is 22.8. The van der Waals surface area contributed by atoms with Crippen molar-refractivity contribution in [2.24, 2.45) is 23.7 Å². The molecule has 14 heteroatoms. The molecule has 236 valence electrons. The first-order valence-corrected chi connectivity index (χ1v) is 17.4. The van der Waals surface area contributed by atoms with Crippen molar-refractivity contribution in [1.29, 1.82) is 0 Å². The van der Waals surface area contributed by atoms with Gasteiger partial charge in [-0.1, -0.05) is 63.9 Å². The van der Waals surface area contributed by atoms with E-state index in [1.807, 2.05) is 6.08 Å². The van der Waals surface area contributed by atoms with Gasteiger partial charge in [0.25, 0.3) is 0 Å². The molecule has 6 nitrogen and oxygen atoms in total. The zero-order chi connectivity index (χ0) is 30.3. The molecule has 4 aliphatic rings. The van der Waals surface area contributed by atoms with E-state index < -0.39 is 42.4 Å². The van der Waals surface area contributed by atoms with E-state index in [0.717, 1.165) is 70.6 Å². The monoisotopic (exact) mass is 636 g/mol. The van der Waals surface area contributed by atoms with Crippen molar-refractivity contribution in [2.75, 3.05) is 0 Å². The van der Waals surface area contributed by atoms with Crippen LogP contribution in [-0.4, -0.2) is 37.8 Å². The zero-order valence-corrected chi connectivity index (χ0v) is 24.4. The van der Waals surface area contributed by atoms with Gasteiger partial charge < -0.3 is 4.18 Å². The number of hydrogen-bond acceptors (Lipinski definition) is 5. The highest BCUT2D eigenvalue weighted by Gasteiger charge is 2.83. The van der Waals surface area contributed by atoms with Gasteiger partial charge in [-0.15, -0.1) is 0 Å². The molecule has 0 amide bonds. The maximum absolute atomic E-state index is 14.9. The molecule has 0 aromatic heterocycles. The second-order valence-electron chi connectivity index (χ2n) is 12.0. The van der Waals surface area contributed by atoms with Gasteiger partial charge >= 0.3 is 36.7 Å². The molecule has 1 atom stereocenters. The van der Waals surface area contributed by atoms with Crippen molar-refractivity contribution in [3.8, 4) is 0 Å². The topological polar surface area (TPSA) is 97.7 Å². The number of alkyl halides is 6. The van der Waals surface area contributed by atoms with E-state index in [0.29, 0.717) is 43.3 Å². The van der Waals surface area contributed by atoms with Crippen molar-refractivity contribution in [2.45, 2.75) is 119 Å². The van der Waals surface area contributed by atoms with Crippen molar-refractivity contribution in [3.05, 3.63) is 23.0 Å². The van der Waals surface area contributed by atoms with Gasteiger partial charge in [0.15, 0.2) is 0 Å². The number of rotatable bonds is 9. The Morgan fingerprint density at radius 2 is 1.15 bits per heavy atom. The molecule has 0 radical (unpaired) electrons. The SMILES string of the molecule is O=S(=O)(O)C(F)(F)C(F)(F)C(F)(F)S(=O)(=O)OC1=C(C2CCCCC2)CC(C2CCCCC2)C=C1C1CCCCC1. The van der Waals surface area contributed by atoms with Gasteiger partial charge in [0.1, 0.15) is 5.76 Å². The normalized spacial score (nSPS) is 25.7. The van der Waals surface area contributed by atoms with Crippen LogP contribution in [0.5, 0.6) is 0 Å². The van der Waals surface area contributed by atoms with Crippen molar-refractivity contribution in [1.82, 2.24) is 0 Å². The standard InChI is InChI=1S/C27H38F6O6S2/c28-25(29,26(30,31)40(34,35)36)27(32,33)41(37,38)39-24-22(19-12-6-2-7-13-19)16-21(18-10-4-1-5-11-18)17-23(24)20-14-8-3-9-15-20/h16,18-21H,1-15,17H2,(H,34,35,36). The molecule has 1 unspecified atom stereocenters. The predicted octanol–water partition coefficient (Wildman–Crippen LogP) is 7.98. The fourth-order valence-electron chi connectivity index (χ4n) is 7.05. The van der Waals surface area contributed by atoms with Gasteiger partial charge in [0.2, 0.25) is 0 Å². The molecule has 3 saturated carbocycles. The predicted molar refractivity (Wildman–Crippen MR) is 139 cm³/mol. The highest BCUT2D eigenvalue weighted by atomic mass is 32.2. The van der Waals surface area contributed by atoms with Crippen LogP contribution in [0.2, 0.25) is 0 Å². The Morgan fingerprint density at radius 1 is 0.683 bits per heavy atom. The third-order valence-corrected chi connectivity index (χ3v) is 11.5. The highest BCUT2D eigenvalue weighted by molar-refractivity contribution is 7.88. The van der Waals surface area contributed by atoms with Crippen LogP contribution in [0.1, 0.15) is 103 Å². The van der Waals surface area contributed by atoms with Crippen LogP contribution >= 0.6 is 0 Å². The molecule has 3 fully saturated rings. The van der Waals surface area contributed by atoms with Crippen molar-refractivity contribution >= 4 is 20.2 Å². The molecule has 41 heavy (non-hydrogen) atoms. The van der Waals surface area contributed by atoms with Crippen LogP contribution in [0.3, 0.4) is 0 Å². The van der Waals surface area contributed by atoms with Crippen LogP contribution in [0.25, 0.3) is 0 Å². The molecule has 1 N–H and O–H groups in total. The van der Waals surface area contributed by atoms with E-state index in [1.165, 1.54) is 0 Å². The Bertz CT molecular complexity index is 1230. The highest BCUT2D eigenvalue weighted by Crippen LogP contribution is 2.53. The summed E-state index contributed by atoms with van der Waals surface area (Å²) in [6, 6.07) is 0. The van der Waals surface area contributed by atoms with Crippen LogP contribution < -0.4 is 0 Å². The maximum Gasteiger partial charge on any atom is 0.450 e. The first kappa shape index (κ1) is 32.6. The summed E-state index contributed by atoms with van der Waals surface area (Å²) in [6.07, 6.45) is 14.6. The molecular weight excluding hydrogens is 598 g/mol. The van der Waals surface area contributed by atoms with E-state index >= 15 is 0 Å². The Hall–Kier alpha value is -1.28. The quantitative estimate of drug-likeness (QED) is 0.157. The minimum absolute atomic E-state index is 0.0231. The minimum Gasteiger partial charge on any atom is -0.378 e. The number of halogens is 6. The third-order valence-electron chi connectivity index (χ3n) is 9.36. The lowest BCUT2D eigenvalue weighted by Gasteiger charge is -2.39. The van der Waals surface area contributed by atoms with E-state index in [2.05, 4.69) is 0 Å². The first-order chi connectivity index (χ1) is 19.0. The summed E-state index contributed by atoms with van der Waals surface area (Å²) < 4.78 is 147. The van der Waals surface area contributed by atoms with E-state index in [4.69, 9.17) is 8.74 Å². The lowest BCUT2D eigenvalue weighted by atomic mass is 9.68. The number of hydrogen-bond donors (Lipinski definition) is 1. The van der Waals surface area contributed by atoms with E-state index in [-0.39, 0.29) is 23.7 Å². The molecule has 0 bridgehead atoms. The van der Waals surface area contributed by atoms with Gasteiger partial charge in [-0.2, -0.15) is 43.2 Å². The average molecular weight is 637 g/mol. The summed E-state index contributed by atoms with van der Waals surface area (Å²) in [7, 11) is -14.0. The van der Waals surface area contributed by atoms with Gasteiger partial charge in [-0.05, 0) is 79.8 Å². The second-order valence-corrected chi connectivity index (χ2v) is 15.1. The summed E-state index contributed by atoms with van der Waals surface area (Å²) in [5.41, 5.74) is 0.781. The number of allylic oxidation sites excluding steroid dienone is 3. The lowest BCUT2D eigenvalue weighted by Crippen LogP contribution is -2.60. The van der Waals surface area contributed by atoms with Gasteiger partial charge in [-0.25, -0.2) is 0 Å². The molecule has 0 spiro atoms. The fourth-order valence-corrected chi connectivity index (χ4v) is 8.54. The Morgan fingerprint density at radius 3 is 1.63 bits per heavy atom. The van der Waals surface area contributed by atoms with Crippen molar-refractivity contribution < 1.29 is 51.9 Å². The van der Waals surface area contributed by atoms with E-state index in [9.17, 15) is 43.2 Å². The molecular formula is C27H38F6O6S2. The van der Waals surface area contributed by atoms with Crippen LogP contribution in [0.15, 0.2) is 23.0 Å². The van der Waals surface area contributed by atoms with Gasteiger partial charge in [0, 0.05) is 0 Å². The van der Waals surface area contributed by atoms with Gasteiger partial charge in [-0.3, -0.25) is 4.55 Å². The molecule has 0 heterocycles. The molecule has 4 rings (SSSR count). The molecule has 4 aliphatic carbocycles. The third kappa shape index (κ3) is 6.21. The van der Waals surface area contributed by atoms with Gasteiger partial charge in [0.05, 0.1) is 0 Å². The molecule has 0 aliphatic heterocycles. The van der Waals surface area contributed by atoms with Crippen LogP contribution in [0.4, 0.5) is 26.3 Å². The largest absolute Gasteiger partial charge is 0.450 e. The Labute approximate surface area is 237 Å². The average Bonchev–Trinajstić information content (AvgIpc) is 2.93. The lowest BCUT2D eigenvalue weighted by molar-refractivity contribution is -0.247. The van der Waals surface area contributed by atoms with E-state index in [1.54, 1.807) is 0 Å². The summed E-state index contributed by atoms with van der Waals surface area (Å²) in [6.45, 7) is 0. The summed E-state index contributed by atoms with van der Waals surface area (Å²) >= 11 is 0. The summed E-state index contributed by atoms with van der Waals surface area (Å²) in [5.74, 6) is -7.79. The Kier molecular flexibility index (Phi) is 9.56. The van der Waals surface area contributed by atoms with Crippen molar-refractivity contribution in [3.63, 3.8) is 0 Å². The molecule has 0 saturated heterocycles. The fraction of sp³-hybridized carbons (Fsp3) is 0.852. The second kappa shape index (κ2) is 12.0. The molecule has 0 aromatic carbocycles. The smallest absolute Gasteiger partial charge is 0.378 e. The van der Waals surface area contributed by atoms with Crippen LogP contribution in [0, 0.1) is 23.7 Å². The Balaban J connectivity index is 1.81. The minimum atomic E-state index is -7.12. The maximum atomic E-state index is 14.9.